The monoisotopic (exact) mass is 309 g/mol. The molecule has 1 aromatic rings. The van der Waals surface area contributed by atoms with Gasteiger partial charge in [-0.15, -0.1) is 0 Å². The van der Waals surface area contributed by atoms with E-state index in [9.17, 15) is 21.6 Å². The lowest BCUT2D eigenvalue weighted by molar-refractivity contribution is -0.140. The van der Waals surface area contributed by atoms with E-state index in [1.165, 1.54) is 13.0 Å². The standard InChI is InChI=1S/C12H14F3NO3S/c1-8-3-4-10(9(5-8)12(13,14)15)20(17,18)16-11(2)6-19-7-11/h3-5,16H,6-7H2,1-2H3. The number of halogens is 3. The SMILES string of the molecule is Cc1ccc(S(=O)(=O)NC2(C)COC2)c(C(F)(F)F)c1. The second-order valence-corrected chi connectivity index (χ2v) is 6.81. The fourth-order valence-electron chi connectivity index (χ4n) is 1.95. The maximum atomic E-state index is 13.0. The van der Waals surface area contributed by atoms with Crippen LogP contribution in [0.2, 0.25) is 0 Å². The zero-order valence-electron chi connectivity index (χ0n) is 10.9. The zero-order chi connectivity index (χ0) is 15.2. The van der Waals surface area contributed by atoms with Crippen LogP contribution in [0.25, 0.3) is 0 Å². The molecule has 1 heterocycles. The Morgan fingerprint density at radius 2 is 1.90 bits per heavy atom. The second kappa shape index (κ2) is 4.71. The van der Waals surface area contributed by atoms with E-state index in [-0.39, 0.29) is 13.2 Å². The molecule has 0 aliphatic carbocycles. The molecule has 2 rings (SSSR count). The van der Waals surface area contributed by atoms with Crippen LogP contribution in [-0.4, -0.2) is 27.2 Å². The Kier molecular flexibility index (Phi) is 3.60. The Morgan fingerprint density at radius 1 is 1.30 bits per heavy atom. The van der Waals surface area contributed by atoms with Gasteiger partial charge in [0.15, 0.2) is 0 Å². The summed E-state index contributed by atoms with van der Waals surface area (Å²) in [4.78, 5) is -0.760. The molecule has 0 aromatic heterocycles. The van der Waals surface area contributed by atoms with E-state index in [0.717, 1.165) is 12.1 Å². The number of nitrogens with one attached hydrogen (secondary N) is 1. The summed E-state index contributed by atoms with van der Waals surface area (Å²) < 4.78 is 70.4. The highest BCUT2D eigenvalue weighted by Crippen LogP contribution is 2.35. The van der Waals surface area contributed by atoms with Crippen LogP contribution in [0.15, 0.2) is 23.1 Å². The summed E-state index contributed by atoms with van der Waals surface area (Å²) in [6.45, 7) is 3.33. The van der Waals surface area contributed by atoms with Gasteiger partial charge in [0.05, 0.1) is 29.2 Å². The number of aryl methyl sites for hydroxylation is 1. The highest BCUT2D eigenvalue weighted by molar-refractivity contribution is 7.89. The summed E-state index contributed by atoms with van der Waals surface area (Å²) in [5.41, 5.74) is -1.67. The molecule has 1 aliphatic rings. The maximum absolute atomic E-state index is 13.0. The van der Waals surface area contributed by atoms with Gasteiger partial charge in [0.25, 0.3) is 0 Å². The summed E-state index contributed by atoms with van der Waals surface area (Å²) in [5.74, 6) is 0. The fourth-order valence-corrected chi connectivity index (χ4v) is 3.53. The minimum atomic E-state index is -4.73. The molecule has 0 unspecified atom stereocenters. The number of rotatable bonds is 3. The number of hydrogen-bond acceptors (Lipinski definition) is 3. The number of benzene rings is 1. The van der Waals surface area contributed by atoms with Gasteiger partial charge in [-0.2, -0.15) is 13.2 Å². The van der Waals surface area contributed by atoms with Crippen molar-refractivity contribution >= 4 is 10.0 Å². The van der Waals surface area contributed by atoms with Crippen molar-refractivity contribution < 1.29 is 26.3 Å². The van der Waals surface area contributed by atoms with Crippen molar-refractivity contribution in [1.29, 1.82) is 0 Å². The highest BCUT2D eigenvalue weighted by Gasteiger charge is 2.42. The quantitative estimate of drug-likeness (QED) is 0.930. The molecular formula is C12H14F3NO3S. The Balaban J connectivity index is 2.46. The van der Waals surface area contributed by atoms with Crippen LogP contribution in [0.5, 0.6) is 0 Å². The molecule has 8 heteroatoms. The molecule has 1 aliphatic heterocycles. The number of alkyl halides is 3. The molecule has 112 valence electrons. The Bertz CT molecular complexity index is 621. The van der Waals surface area contributed by atoms with E-state index >= 15 is 0 Å². The van der Waals surface area contributed by atoms with Crippen molar-refractivity contribution in [3.63, 3.8) is 0 Å². The average molecular weight is 309 g/mol. The summed E-state index contributed by atoms with van der Waals surface area (Å²) in [6.07, 6.45) is -4.73. The third-order valence-electron chi connectivity index (χ3n) is 2.95. The van der Waals surface area contributed by atoms with Gasteiger partial charge in [0.2, 0.25) is 10.0 Å². The number of ether oxygens (including phenoxy) is 1. The normalized spacial score (nSPS) is 18.6. The molecular weight excluding hydrogens is 295 g/mol. The van der Waals surface area contributed by atoms with Gasteiger partial charge in [-0.1, -0.05) is 11.6 Å². The van der Waals surface area contributed by atoms with E-state index in [1.54, 1.807) is 6.92 Å². The van der Waals surface area contributed by atoms with Crippen LogP contribution in [0.3, 0.4) is 0 Å². The van der Waals surface area contributed by atoms with Crippen molar-refractivity contribution in [2.24, 2.45) is 0 Å². The first-order valence-corrected chi connectivity index (χ1v) is 7.31. The third-order valence-corrected chi connectivity index (χ3v) is 4.65. The largest absolute Gasteiger partial charge is 0.417 e. The van der Waals surface area contributed by atoms with Gasteiger partial charge < -0.3 is 4.74 Å². The Hall–Kier alpha value is -1.12. The predicted molar refractivity (Wildman–Crippen MR) is 65.7 cm³/mol. The lowest BCUT2D eigenvalue weighted by Gasteiger charge is -2.38. The van der Waals surface area contributed by atoms with Crippen LogP contribution < -0.4 is 4.72 Å². The topological polar surface area (TPSA) is 55.4 Å². The van der Waals surface area contributed by atoms with E-state index in [2.05, 4.69) is 4.72 Å². The lowest BCUT2D eigenvalue weighted by atomic mass is 10.0. The predicted octanol–water partition coefficient (Wildman–Crippen LogP) is 2.08. The van der Waals surface area contributed by atoms with E-state index in [0.29, 0.717) is 5.56 Å². The molecule has 1 N–H and O–H groups in total. The summed E-state index contributed by atoms with van der Waals surface area (Å²) in [5, 5.41) is 0. The number of sulfonamides is 1. The first-order chi connectivity index (χ1) is 9.04. The second-order valence-electron chi connectivity index (χ2n) is 5.16. The molecule has 1 fully saturated rings. The van der Waals surface area contributed by atoms with Crippen molar-refractivity contribution in [2.45, 2.75) is 30.5 Å². The van der Waals surface area contributed by atoms with Gasteiger partial charge in [0, 0.05) is 0 Å². The molecule has 0 radical (unpaired) electrons. The van der Waals surface area contributed by atoms with Gasteiger partial charge in [-0.05, 0) is 26.0 Å². The average Bonchev–Trinajstić information content (AvgIpc) is 2.24. The third kappa shape index (κ3) is 2.97. The minimum Gasteiger partial charge on any atom is -0.377 e. The Morgan fingerprint density at radius 3 is 2.35 bits per heavy atom. The molecule has 1 aromatic carbocycles. The summed E-state index contributed by atoms with van der Waals surface area (Å²) >= 11 is 0. The van der Waals surface area contributed by atoms with Gasteiger partial charge in [-0.3, -0.25) is 0 Å². The molecule has 0 spiro atoms. The van der Waals surface area contributed by atoms with Crippen LogP contribution in [-0.2, 0) is 20.9 Å². The lowest BCUT2D eigenvalue weighted by Crippen LogP contribution is -2.59. The van der Waals surface area contributed by atoms with E-state index in [1.807, 2.05) is 0 Å². The van der Waals surface area contributed by atoms with E-state index < -0.39 is 32.2 Å². The summed E-state index contributed by atoms with van der Waals surface area (Å²) in [6, 6.07) is 3.14. The fraction of sp³-hybridized carbons (Fsp3) is 0.500. The molecule has 0 bridgehead atoms. The maximum Gasteiger partial charge on any atom is 0.417 e. The smallest absolute Gasteiger partial charge is 0.377 e. The molecule has 1 saturated heterocycles. The van der Waals surface area contributed by atoms with Crippen molar-refractivity contribution in [3.05, 3.63) is 29.3 Å². The van der Waals surface area contributed by atoms with Crippen molar-refractivity contribution in [2.75, 3.05) is 13.2 Å². The minimum absolute atomic E-state index is 0.138. The van der Waals surface area contributed by atoms with Crippen LogP contribution >= 0.6 is 0 Å². The number of hydrogen-bond donors (Lipinski definition) is 1. The first-order valence-electron chi connectivity index (χ1n) is 5.83. The summed E-state index contributed by atoms with van der Waals surface area (Å²) in [7, 11) is -4.26. The van der Waals surface area contributed by atoms with Crippen LogP contribution in [0.1, 0.15) is 18.1 Å². The molecule has 0 amide bonds. The van der Waals surface area contributed by atoms with Crippen molar-refractivity contribution in [3.8, 4) is 0 Å². The molecule has 0 saturated carbocycles. The molecule has 20 heavy (non-hydrogen) atoms. The van der Waals surface area contributed by atoms with Gasteiger partial charge in [-0.25, -0.2) is 13.1 Å². The van der Waals surface area contributed by atoms with Crippen LogP contribution in [0, 0.1) is 6.92 Å². The van der Waals surface area contributed by atoms with Crippen molar-refractivity contribution in [1.82, 2.24) is 4.72 Å². The zero-order valence-corrected chi connectivity index (χ0v) is 11.7. The molecule has 4 nitrogen and oxygen atoms in total. The highest BCUT2D eigenvalue weighted by atomic mass is 32.2. The molecule has 0 atom stereocenters. The van der Waals surface area contributed by atoms with Gasteiger partial charge >= 0.3 is 6.18 Å². The first kappa shape index (κ1) is 15.3. The van der Waals surface area contributed by atoms with E-state index in [4.69, 9.17) is 4.74 Å². The Labute approximate surface area is 115 Å². The van der Waals surface area contributed by atoms with Crippen LogP contribution in [0.4, 0.5) is 13.2 Å². The van der Waals surface area contributed by atoms with Gasteiger partial charge in [0.1, 0.15) is 0 Å².